The maximum Gasteiger partial charge on any atom is 0.0701 e. The fourth-order valence-electron chi connectivity index (χ4n) is 2.02. The molecule has 0 unspecified atom stereocenters. The number of hydrogen-bond donors (Lipinski definition) is 1. The van der Waals surface area contributed by atoms with Crippen LogP contribution in [0.4, 0.5) is 0 Å². The third-order valence-corrected chi connectivity index (χ3v) is 3.00. The molecule has 0 radical (unpaired) electrons. The highest BCUT2D eigenvalue weighted by atomic mass is 16.5. The van der Waals surface area contributed by atoms with Crippen LogP contribution in [0.15, 0.2) is 0 Å². The van der Waals surface area contributed by atoms with Crippen molar-refractivity contribution >= 4 is 0 Å². The highest BCUT2D eigenvalue weighted by Crippen LogP contribution is 2.27. The molecule has 0 aromatic carbocycles. The second-order valence-electron chi connectivity index (χ2n) is 4.58. The Balaban J connectivity index is 1.84. The highest BCUT2D eigenvalue weighted by Gasteiger charge is 2.29. The maximum atomic E-state index is 6.16. The lowest BCUT2D eigenvalue weighted by molar-refractivity contribution is 0.0228. The van der Waals surface area contributed by atoms with Crippen LogP contribution in [-0.2, 0) is 14.2 Å². The van der Waals surface area contributed by atoms with Gasteiger partial charge in [0.1, 0.15) is 0 Å². The van der Waals surface area contributed by atoms with Crippen LogP contribution in [-0.4, -0.2) is 45.7 Å². The fourth-order valence-corrected chi connectivity index (χ4v) is 2.02. The van der Waals surface area contributed by atoms with E-state index in [0.717, 1.165) is 32.5 Å². The zero-order valence-corrected chi connectivity index (χ0v) is 10.4. The van der Waals surface area contributed by atoms with E-state index in [-0.39, 0.29) is 5.54 Å². The van der Waals surface area contributed by atoms with E-state index in [9.17, 15) is 0 Å². The number of methoxy groups -OCH3 is 1. The summed E-state index contributed by atoms with van der Waals surface area (Å²) in [6.45, 7) is 3.47. The standard InChI is InChI=1S/C12H25NO3/c1-14-7-4-8-15-9-10-16-11-12(13)5-2-3-6-12/h2-11,13H2,1H3. The molecule has 4 nitrogen and oxygen atoms in total. The Morgan fingerprint density at radius 2 is 1.69 bits per heavy atom. The van der Waals surface area contributed by atoms with E-state index >= 15 is 0 Å². The number of nitrogens with two attached hydrogens (primary N) is 1. The molecule has 1 fully saturated rings. The van der Waals surface area contributed by atoms with E-state index in [4.69, 9.17) is 19.9 Å². The molecule has 4 heteroatoms. The molecule has 2 N–H and O–H groups in total. The van der Waals surface area contributed by atoms with Gasteiger partial charge in [-0.3, -0.25) is 0 Å². The zero-order chi connectivity index (χ0) is 11.7. The topological polar surface area (TPSA) is 53.7 Å². The molecule has 0 aromatic rings. The first-order valence-corrected chi connectivity index (χ1v) is 6.20. The summed E-state index contributed by atoms with van der Waals surface area (Å²) in [5.74, 6) is 0. The highest BCUT2D eigenvalue weighted by molar-refractivity contribution is 4.88. The Bertz CT molecular complexity index is 170. The summed E-state index contributed by atoms with van der Waals surface area (Å²) in [6.07, 6.45) is 5.63. The van der Waals surface area contributed by atoms with Crippen LogP contribution in [0.1, 0.15) is 32.1 Å². The summed E-state index contributed by atoms with van der Waals surface area (Å²) < 4.78 is 15.9. The van der Waals surface area contributed by atoms with Gasteiger partial charge in [0, 0.05) is 25.9 Å². The first kappa shape index (κ1) is 13.9. The third kappa shape index (κ3) is 5.80. The third-order valence-electron chi connectivity index (χ3n) is 3.00. The monoisotopic (exact) mass is 231 g/mol. The van der Waals surface area contributed by atoms with Gasteiger partial charge in [-0.15, -0.1) is 0 Å². The Kier molecular flexibility index (Phi) is 6.96. The summed E-state index contributed by atoms with van der Waals surface area (Å²) in [5, 5.41) is 0. The van der Waals surface area contributed by atoms with Gasteiger partial charge < -0.3 is 19.9 Å². The van der Waals surface area contributed by atoms with Gasteiger partial charge in [-0.1, -0.05) is 12.8 Å². The lowest BCUT2D eigenvalue weighted by Crippen LogP contribution is -2.41. The fraction of sp³-hybridized carbons (Fsp3) is 1.00. The smallest absolute Gasteiger partial charge is 0.0701 e. The van der Waals surface area contributed by atoms with Crippen LogP contribution in [0.5, 0.6) is 0 Å². The summed E-state index contributed by atoms with van der Waals surface area (Å²) in [7, 11) is 1.70. The van der Waals surface area contributed by atoms with E-state index < -0.39 is 0 Å². The lowest BCUT2D eigenvalue weighted by atomic mass is 10.0. The average molecular weight is 231 g/mol. The summed E-state index contributed by atoms with van der Waals surface area (Å²) in [4.78, 5) is 0. The van der Waals surface area contributed by atoms with Gasteiger partial charge >= 0.3 is 0 Å². The van der Waals surface area contributed by atoms with Gasteiger partial charge in [0.25, 0.3) is 0 Å². The second-order valence-corrected chi connectivity index (χ2v) is 4.58. The molecule has 0 spiro atoms. The SMILES string of the molecule is COCCCOCCOCC1(N)CCCC1. The summed E-state index contributed by atoms with van der Waals surface area (Å²) >= 11 is 0. The first-order valence-electron chi connectivity index (χ1n) is 6.20. The van der Waals surface area contributed by atoms with Crippen LogP contribution in [0.2, 0.25) is 0 Å². The van der Waals surface area contributed by atoms with Crippen LogP contribution in [0.3, 0.4) is 0 Å². The van der Waals surface area contributed by atoms with Crippen molar-refractivity contribution in [1.29, 1.82) is 0 Å². The van der Waals surface area contributed by atoms with Gasteiger partial charge in [-0.25, -0.2) is 0 Å². The lowest BCUT2D eigenvalue weighted by Gasteiger charge is -2.23. The predicted molar refractivity (Wildman–Crippen MR) is 63.5 cm³/mol. The minimum absolute atomic E-state index is 0.0595. The molecule has 0 amide bonds. The number of rotatable bonds is 9. The van der Waals surface area contributed by atoms with Crippen molar-refractivity contribution in [2.24, 2.45) is 5.73 Å². The van der Waals surface area contributed by atoms with Gasteiger partial charge in [-0.2, -0.15) is 0 Å². The molecule has 1 rings (SSSR count). The Labute approximate surface area is 98.4 Å². The first-order chi connectivity index (χ1) is 7.77. The summed E-state index contributed by atoms with van der Waals surface area (Å²) in [6, 6.07) is 0. The van der Waals surface area contributed by atoms with Crippen molar-refractivity contribution in [1.82, 2.24) is 0 Å². The molecule has 0 saturated heterocycles. The van der Waals surface area contributed by atoms with Crippen molar-refractivity contribution in [3.63, 3.8) is 0 Å². The predicted octanol–water partition coefficient (Wildman–Crippen LogP) is 1.33. The molecular formula is C12H25NO3. The molecule has 96 valence electrons. The molecule has 1 aliphatic rings. The Morgan fingerprint density at radius 1 is 1.00 bits per heavy atom. The van der Waals surface area contributed by atoms with Crippen molar-refractivity contribution in [3.05, 3.63) is 0 Å². The molecule has 0 aromatic heterocycles. The van der Waals surface area contributed by atoms with Crippen molar-refractivity contribution < 1.29 is 14.2 Å². The van der Waals surface area contributed by atoms with Crippen LogP contribution >= 0.6 is 0 Å². The largest absolute Gasteiger partial charge is 0.385 e. The van der Waals surface area contributed by atoms with E-state index in [1.54, 1.807) is 7.11 Å². The van der Waals surface area contributed by atoms with Gasteiger partial charge in [0.2, 0.25) is 0 Å². The average Bonchev–Trinajstić information content (AvgIpc) is 2.70. The molecular weight excluding hydrogens is 206 g/mol. The molecule has 16 heavy (non-hydrogen) atoms. The van der Waals surface area contributed by atoms with Crippen LogP contribution in [0.25, 0.3) is 0 Å². The maximum absolute atomic E-state index is 6.16. The minimum Gasteiger partial charge on any atom is -0.385 e. The van der Waals surface area contributed by atoms with E-state index in [0.29, 0.717) is 19.8 Å². The zero-order valence-electron chi connectivity index (χ0n) is 10.4. The van der Waals surface area contributed by atoms with Crippen molar-refractivity contribution in [2.75, 3.05) is 40.1 Å². The molecule has 0 atom stereocenters. The molecule has 0 aliphatic heterocycles. The van der Waals surface area contributed by atoms with E-state index in [1.807, 2.05) is 0 Å². The van der Waals surface area contributed by atoms with Crippen LogP contribution < -0.4 is 5.73 Å². The second kappa shape index (κ2) is 8.01. The van der Waals surface area contributed by atoms with Crippen molar-refractivity contribution in [3.8, 4) is 0 Å². The van der Waals surface area contributed by atoms with Gasteiger partial charge in [0.15, 0.2) is 0 Å². The molecule has 1 aliphatic carbocycles. The normalized spacial score (nSPS) is 19.1. The quantitative estimate of drug-likeness (QED) is 0.608. The molecule has 0 bridgehead atoms. The molecule has 0 heterocycles. The number of ether oxygens (including phenoxy) is 3. The Morgan fingerprint density at radius 3 is 2.38 bits per heavy atom. The number of hydrogen-bond acceptors (Lipinski definition) is 4. The van der Waals surface area contributed by atoms with E-state index in [2.05, 4.69) is 0 Å². The molecule has 1 saturated carbocycles. The van der Waals surface area contributed by atoms with Gasteiger partial charge in [-0.05, 0) is 19.3 Å². The summed E-state index contributed by atoms with van der Waals surface area (Å²) in [5.41, 5.74) is 6.10. The van der Waals surface area contributed by atoms with Crippen LogP contribution in [0, 0.1) is 0 Å². The Hall–Kier alpha value is -0.160. The van der Waals surface area contributed by atoms with Crippen molar-refractivity contribution in [2.45, 2.75) is 37.6 Å². The minimum atomic E-state index is -0.0595. The van der Waals surface area contributed by atoms with Gasteiger partial charge in [0.05, 0.1) is 19.8 Å². The van der Waals surface area contributed by atoms with E-state index in [1.165, 1.54) is 12.8 Å².